The van der Waals surface area contributed by atoms with Gasteiger partial charge in [-0.25, -0.2) is 0 Å². The zero-order valence-electron chi connectivity index (χ0n) is 12.5. The molecular weight excluding hydrogens is 268 g/mol. The molecule has 0 atom stereocenters. The Labute approximate surface area is 123 Å². The van der Waals surface area contributed by atoms with Gasteiger partial charge in [0.25, 0.3) is 5.89 Å². The standard InChI is InChI=1S/C14H20N6O/c1-10(2)18-14(15-3)17-9-7-12-19-13(21-20-12)11-6-4-5-8-16-11/h4-6,8,10H,7,9H2,1-3H3,(H2,15,17,18). The topological polar surface area (TPSA) is 88.2 Å². The summed E-state index contributed by atoms with van der Waals surface area (Å²) in [6.45, 7) is 4.80. The molecule has 0 fully saturated rings. The molecule has 0 spiro atoms. The molecule has 0 aromatic carbocycles. The summed E-state index contributed by atoms with van der Waals surface area (Å²) in [7, 11) is 1.74. The number of aromatic nitrogens is 3. The lowest BCUT2D eigenvalue weighted by Crippen LogP contribution is -2.41. The summed E-state index contributed by atoms with van der Waals surface area (Å²) in [6.07, 6.45) is 2.34. The van der Waals surface area contributed by atoms with Gasteiger partial charge in [-0.15, -0.1) is 0 Å². The van der Waals surface area contributed by atoms with Crippen LogP contribution in [0.25, 0.3) is 11.6 Å². The predicted molar refractivity (Wildman–Crippen MR) is 80.9 cm³/mol. The molecule has 2 N–H and O–H groups in total. The summed E-state index contributed by atoms with van der Waals surface area (Å²) in [5.41, 5.74) is 0.682. The van der Waals surface area contributed by atoms with Gasteiger partial charge in [-0.2, -0.15) is 4.98 Å². The first kappa shape index (κ1) is 15.0. The fraction of sp³-hybridized carbons (Fsp3) is 0.429. The van der Waals surface area contributed by atoms with Crippen molar-refractivity contribution in [2.75, 3.05) is 13.6 Å². The lowest BCUT2D eigenvalue weighted by molar-refractivity contribution is 0.421. The van der Waals surface area contributed by atoms with Crippen LogP contribution in [0.4, 0.5) is 0 Å². The highest BCUT2D eigenvalue weighted by molar-refractivity contribution is 5.79. The molecule has 0 saturated carbocycles. The molecule has 0 unspecified atom stereocenters. The zero-order valence-corrected chi connectivity index (χ0v) is 12.5. The van der Waals surface area contributed by atoms with E-state index in [0.29, 0.717) is 36.4 Å². The van der Waals surface area contributed by atoms with Gasteiger partial charge in [0.15, 0.2) is 11.8 Å². The summed E-state index contributed by atoms with van der Waals surface area (Å²) in [6, 6.07) is 5.90. The first-order valence-corrected chi connectivity index (χ1v) is 6.90. The van der Waals surface area contributed by atoms with Crippen LogP contribution < -0.4 is 10.6 Å². The summed E-state index contributed by atoms with van der Waals surface area (Å²) in [4.78, 5) is 12.6. The van der Waals surface area contributed by atoms with Gasteiger partial charge < -0.3 is 15.2 Å². The minimum atomic E-state index is 0.331. The molecule has 112 valence electrons. The first-order chi connectivity index (χ1) is 10.2. The van der Waals surface area contributed by atoms with Crippen molar-refractivity contribution in [1.29, 1.82) is 0 Å². The number of nitrogens with zero attached hydrogens (tertiary/aromatic N) is 4. The number of guanidine groups is 1. The average molecular weight is 288 g/mol. The Hall–Kier alpha value is -2.44. The molecule has 0 aliphatic heterocycles. The minimum Gasteiger partial charge on any atom is -0.356 e. The van der Waals surface area contributed by atoms with Gasteiger partial charge in [-0.05, 0) is 26.0 Å². The molecule has 7 heteroatoms. The normalized spacial score (nSPS) is 11.7. The van der Waals surface area contributed by atoms with E-state index in [9.17, 15) is 0 Å². The van der Waals surface area contributed by atoms with Crippen LogP contribution in [0.2, 0.25) is 0 Å². The maximum Gasteiger partial charge on any atom is 0.276 e. The van der Waals surface area contributed by atoms with E-state index in [1.807, 2.05) is 18.2 Å². The SMILES string of the molecule is CN=C(NCCc1noc(-c2ccccn2)n1)NC(C)C. The largest absolute Gasteiger partial charge is 0.356 e. The van der Waals surface area contributed by atoms with Crippen LogP contribution in [0.15, 0.2) is 33.9 Å². The van der Waals surface area contributed by atoms with E-state index in [0.717, 1.165) is 5.96 Å². The molecule has 21 heavy (non-hydrogen) atoms. The summed E-state index contributed by atoms with van der Waals surface area (Å²) < 4.78 is 5.20. The van der Waals surface area contributed by atoms with Crippen LogP contribution in [0, 0.1) is 0 Å². The number of hydrogen-bond acceptors (Lipinski definition) is 5. The molecular formula is C14H20N6O. The van der Waals surface area contributed by atoms with Crippen LogP contribution in [0.5, 0.6) is 0 Å². The summed E-state index contributed by atoms with van der Waals surface area (Å²) >= 11 is 0. The van der Waals surface area contributed by atoms with Gasteiger partial charge in [0.2, 0.25) is 0 Å². The quantitative estimate of drug-likeness (QED) is 0.636. The molecule has 0 saturated heterocycles. The summed E-state index contributed by atoms with van der Waals surface area (Å²) in [5.74, 6) is 1.84. The highest BCUT2D eigenvalue weighted by atomic mass is 16.5. The smallest absolute Gasteiger partial charge is 0.276 e. The Balaban J connectivity index is 1.86. The van der Waals surface area contributed by atoms with Crippen molar-refractivity contribution >= 4 is 5.96 Å². The average Bonchev–Trinajstić information content (AvgIpc) is 2.95. The van der Waals surface area contributed by atoms with Crippen molar-refractivity contribution in [3.8, 4) is 11.6 Å². The first-order valence-electron chi connectivity index (χ1n) is 6.90. The number of hydrogen-bond donors (Lipinski definition) is 2. The fourth-order valence-electron chi connectivity index (χ4n) is 1.71. The molecule has 2 aromatic heterocycles. The van der Waals surface area contributed by atoms with Gasteiger partial charge in [-0.3, -0.25) is 9.98 Å². The van der Waals surface area contributed by atoms with Gasteiger partial charge in [0.05, 0.1) is 0 Å². The van der Waals surface area contributed by atoms with Gasteiger partial charge in [-0.1, -0.05) is 11.2 Å². The van der Waals surface area contributed by atoms with Crippen LogP contribution in [-0.4, -0.2) is 40.7 Å². The number of rotatable bonds is 5. The number of nitrogens with one attached hydrogen (secondary N) is 2. The van der Waals surface area contributed by atoms with Crippen molar-refractivity contribution in [1.82, 2.24) is 25.8 Å². The lowest BCUT2D eigenvalue weighted by Gasteiger charge is -2.13. The van der Waals surface area contributed by atoms with E-state index >= 15 is 0 Å². The molecule has 2 rings (SSSR count). The molecule has 7 nitrogen and oxygen atoms in total. The molecule has 2 aromatic rings. The molecule has 0 radical (unpaired) electrons. The third-order valence-corrected chi connectivity index (χ3v) is 2.64. The van der Waals surface area contributed by atoms with E-state index in [-0.39, 0.29) is 0 Å². The van der Waals surface area contributed by atoms with E-state index in [2.05, 4.69) is 44.6 Å². The monoisotopic (exact) mass is 288 g/mol. The third kappa shape index (κ3) is 4.55. The van der Waals surface area contributed by atoms with Crippen molar-refractivity contribution in [2.45, 2.75) is 26.3 Å². The van der Waals surface area contributed by atoms with Crippen LogP contribution >= 0.6 is 0 Å². The highest BCUT2D eigenvalue weighted by Gasteiger charge is 2.09. The van der Waals surface area contributed by atoms with Crippen LogP contribution in [-0.2, 0) is 6.42 Å². The fourth-order valence-corrected chi connectivity index (χ4v) is 1.71. The maximum atomic E-state index is 5.20. The minimum absolute atomic E-state index is 0.331. The molecule has 0 aliphatic carbocycles. The summed E-state index contributed by atoms with van der Waals surface area (Å²) in [5, 5.41) is 10.4. The Morgan fingerprint density at radius 1 is 1.38 bits per heavy atom. The third-order valence-electron chi connectivity index (χ3n) is 2.64. The van der Waals surface area contributed by atoms with Gasteiger partial charge in [0, 0.05) is 32.3 Å². The second-order valence-electron chi connectivity index (χ2n) is 4.78. The Bertz CT molecular complexity index is 578. The van der Waals surface area contributed by atoms with Crippen molar-refractivity contribution < 1.29 is 4.52 Å². The van der Waals surface area contributed by atoms with Crippen molar-refractivity contribution in [3.05, 3.63) is 30.2 Å². The second-order valence-corrected chi connectivity index (χ2v) is 4.78. The zero-order chi connectivity index (χ0) is 15.1. The van der Waals surface area contributed by atoms with E-state index in [4.69, 9.17) is 4.52 Å². The molecule has 2 heterocycles. The Morgan fingerprint density at radius 3 is 2.90 bits per heavy atom. The second kappa shape index (κ2) is 7.37. The van der Waals surface area contributed by atoms with Crippen molar-refractivity contribution in [3.63, 3.8) is 0 Å². The van der Waals surface area contributed by atoms with E-state index < -0.39 is 0 Å². The van der Waals surface area contributed by atoms with E-state index in [1.165, 1.54) is 0 Å². The van der Waals surface area contributed by atoms with E-state index in [1.54, 1.807) is 13.2 Å². The molecule has 0 amide bonds. The van der Waals surface area contributed by atoms with Crippen molar-refractivity contribution in [2.24, 2.45) is 4.99 Å². The number of pyridine rings is 1. The van der Waals surface area contributed by atoms with Gasteiger partial charge in [0.1, 0.15) is 5.69 Å². The predicted octanol–water partition coefficient (Wildman–Crippen LogP) is 1.25. The molecule has 0 bridgehead atoms. The van der Waals surface area contributed by atoms with Crippen LogP contribution in [0.1, 0.15) is 19.7 Å². The maximum absolute atomic E-state index is 5.20. The lowest BCUT2D eigenvalue weighted by atomic mass is 10.3. The Morgan fingerprint density at radius 2 is 2.24 bits per heavy atom. The molecule has 0 aliphatic rings. The highest BCUT2D eigenvalue weighted by Crippen LogP contribution is 2.12. The van der Waals surface area contributed by atoms with Gasteiger partial charge >= 0.3 is 0 Å². The number of aliphatic imine (C=N–C) groups is 1. The van der Waals surface area contributed by atoms with Crippen LogP contribution in [0.3, 0.4) is 0 Å². The Kier molecular flexibility index (Phi) is 5.25.